The number of fused-ring (bicyclic) bond motifs is 1. The van der Waals surface area contributed by atoms with Gasteiger partial charge in [-0.1, -0.05) is 6.07 Å². The lowest BCUT2D eigenvalue weighted by atomic mass is 9.88. The number of aromatic hydroxyl groups is 1. The van der Waals surface area contributed by atoms with Gasteiger partial charge in [0.05, 0.1) is 17.7 Å². The molecule has 2 heterocycles. The molecule has 1 spiro atoms. The topological polar surface area (TPSA) is 82.1 Å². The van der Waals surface area contributed by atoms with E-state index >= 15 is 0 Å². The summed E-state index contributed by atoms with van der Waals surface area (Å²) in [6.45, 7) is 3.59. The zero-order valence-corrected chi connectivity index (χ0v) is 20.3. The van der Waals surface area contributed by atoms with Crippen molar-refractivity contribution in [1.82, 2.24) is 4.90 Å². The number of likely N-dealkylation sites (tertiary alicyclic amines) is 1. The fraction of sp³-hybridized carbons (Fsp3) is 0.286. The summed E-state index contributed by atoms with van der Waals surface area (Å²) in [5.74, 6) is -2.34. The van der Waals surface area contributed by atoms with Gasteiger partial charge in [0, 0.05) is 43.9 Å². The molecule has 2 aliphatic rings. The number of ether oxygens (including phenoxy) is 1. The summed E-state index contributed by atoms with van der Waals surface area (Å²) in [4.78, 5) is 30.0. The molecule has 0 unspecified atom stereocenters. The molecule has 0 bridgehead atoms. The van der Waals surface area contributed by atoms with E-state index in [0.717, 1.165) is 6.07 Å². The number of rotatable bonds is 5. The molecule has 192 valence electrons. The third-order valence-electron chi connectivity index (χ3n) is 6.94. The number of nitrogens with one attached hydrogen (secondary N) is 1. The zero-order chi connectivity index (χ0) is 26.2. The van der Waals surface area contributed by atoms with Gasteiger partial charge in [-0.25, -0.2) is 13.6 Å². The number of carbonyl (C=O) groups excluding carboxylic acids is 2. The Kier molecular flexibility index (Phi) is 6.55. The Morgan fingerprint density at radius 2 is 1.76 bits per heavy atom. The second kappa shape index (κ2) is 9.82. The first kappa shape index (κ1) is 24.7. The standard InChI is InChI=1S/C28H27F2N3O4/c1-2-37-27(36)19-4-9-22-25(16-19)31-28(33(26(22)35)20-5-7-21(34)8-6-20)11-13-32(14-12-28)17-18-3-10-23(29)24(30)15-18/h3-10,15-16,31,34H,2,11-14,17H2,1H3. The van der Waals surface area contributed by atoms with E-state index in [1.54, 1.807) is 48.2 Å². The van der Waals surface area contributed by atoms with E-state index in [0.29, 0.717) is 60.5 Å². The van der Waals surface area contributed by atoms with Crippen LogP contribution in [-0.4, -0.2) is 47.2 Å². The molecule has 1 fully saturated rings. The van der Waals surface area contributed by atoms with E-state index in [4.69, 9.17) is 4.74 Å². The number of hydrogen-bond acceptors (Lipinski definition) is 6. The molecule has 9 heteroatoms. The van der Waals surface area contributed by atoms with E-state index < -0.39 is 23.3 Å². The number of nitrogens with zero attached hydrogens (tertiary/aromatic N) is 2. The van der Waals surface area contributed by atoms with Crippen molar-refractivity contribution in [3.8, 4) is 5.75 Å². The van der Waals surface area contributed by atoms with Crippen LogP contribution in [0.25, 0.3) is 0 Å². The minimum absolute atomic E-state index is 0.0936. The van der Waals surface area contributed by atoms with Crippen LogP contribution in [0.5, 0.6) is 5.75 Å². The second-order valence-corrected chi connectivity index (χ2v) is 9.32. The normalized spacial score (nSPS) is 16.8. The number of hydrogen-bond donors (Lipinski definition) is 2. The van der Waals surface area contributed by atoms with Crippen molar-refractivity contribution in [2.75, 3.05) is 29.9 Å². The molecule has 1 amide bonds. The highest BCUT2D eigenvalue weighted by molar-refractivity contribution is 6.13. The van der Waals surface area contributed by atoms with E-state index in [1.807, 2.05) is 0 Å². The quantitative estimate of drug-likeness (QED) is 0.478. The maximum absolute atomic E-state index is 13.8. The molecular formula is C28H27F2N3O4. The molecule has 0 radical (unpaired) electrons. The molecule has 0 aliphatic carbocycles. The van der Waals surface area contributed by atoms with E-state index in [1.165, 1.54) is 18.2 Å². The Balaban J connectivity index is 1.46. The third kappa shape index (κ3) is 4.74. The van der Waals surface area contributed by atoms with Crippen LogP contribution in [0.1, 0.15) is 46.0 Å². The van der Waals surface area contributed by atoms with Gasteiger partial charge < -0.3 is 15.2 Å². The zero-order valence-electron chi connectivity index (χ0n) is 20.3. The van der Waals surface area contributed by atoms with Gasteiger partial charge in [0.15, 0.2) is 11.6 Å². The van der Waals surface area contributed by atoms with E-state index in [9.17, 15) is 23.5 Å². The monoisotopic (exact) mass is 507 g/mol. The van der Waals surface area contributed by atoms with Crippen LogP contribution in [0, 0.1) is 11.6 Å². The van der Waals surface area contributed by atoms with Gasteiger partial charge in [0.25, 0.3) is 5.91 Å². The molecule has 3 aromatic carbocycles. The third-order valence-corrected chi connectivity index (χ3v) is 6.94. The van der Waals surface area contributed by atoms with Crippen molar-refractivity contribution in [2.24, 2.45) is 0 Å². The van der Waals surface area contributed by atoms with Crippen LogP contribution in [0.4, 0.5) is 20.2 Å². The minimum atomic E-state index is -0.878. The molecule has 7 nitrogen and oxygen atoms in total. The lowest BCUT2D eigenvalue weighted by molar-refractivity contribution is 0.0526. The second-order valence-electron chi connectivity index (χ2n) is 9.32. The number of halogens is 2. The highest BCUT2D eigenvalue weighted by Crippen LogP contribution is 2.41. The van der Waals surface area contributed by atoms with Gasteiger partial charge in [-0.05, 0) is 67.1 Å². The molecule has 2 N–H and O–H groups in total. The highest BCUT2D eigenvalue weighted by atomic mass is 19.2. The number of benzene rings is 3. The van der Waals surface area contributed by atoms with Crippen LogP contribution >= 0.6 is 0 Å². The highest BCUT2D eigenvalue weighted by Gasteiger charge is 2.47. The number of esters is 1. The van der Waals surface area contributed by atoms with Crippen molar-refractivity contribution < 1.29 is 28.2 Å². The summed E-state index contributed by atoms with van der Waals surface area (Å²) < 4.78 is 32.2. The fourth-order valence-electron chi connectivity index (χ4n) is 5.09. The van der Waals surface area contributed by atoms with Crippen molar-refractivity contribution in [3.63, 3.8) is 0 Å². The van der Waals surface area contributed by atoms with Gasteiger partial charge in [-0.3, -0.25) is 14.6 Å². The van der Waals surface area contributed by atoms with Gasteiger partial charge in [0.2, 0.25) is 0 Å². The number of anilines is 2. The number of phenols is 1. The summed E-state index contributed by atoms with van der Waals surface area (Å²) in [5.41, 5.74) is 1.84. The molecule has 37 heavy (non-hydrogen) atoms. The maximum Gasteiger partial charge on any atom is 0.338 e. The van der Waals surface area contributed by atoms with Crippen LogP contribution in [-0.2, 0) is 11.3 Å². The number of piperidine rings is 1. The van der Waals surface area contributed by atoms with Crippen molar-refractivity contribution >= 4 is 23.3 Å². The fourth-order valence-corrected chi connectivity index (χ4v) is 5.09. The van der Waals surface area contributed by atoms with Crippen molar-refractivity contribution in [1.29, 1.82) is 0 Å². The van der Waals surface area contributed by atoms with Crippen molar-refractivity contribution in [3.05, 3.63) is 89.0 Å². The Bertz CT molecular complexity index is 1340. The summed E-state index contributed by atoms with van der Waals surface area (Å²) in [6, 6.07) is 15.2. The SMILES string of the molecule is CCOC(=O)c1ccc2c(c1)NC1(CCN(Cc3ccc(F)c(F)c3)CC1)N(c1ccc(O)cc1)C2=O. The van der Waals surface area contributed by atoms with Crippen LogP contribution in [0.15, 0.2) is 60.7 Å². The van der Waals surface area contributed by atoms with Crippen LogP contribution < -0.4 is 10.2 Å². The molecular weight excluding hydrogens is 480 g/mol. The van der Waals surface area contributed by atoms with Gasteiger partial charge >= 0.3 is 5.97 Å². The first-order valence-corrected chi connectivity index (χ1v) is 12.2. The Morgan fingerprint density at radius 1 is 1.03 bits per heavy atom. The summed E-state index contributed by atoms with van der Waals surface area (Å²) in [7, 11) is 0. The summed E-state index contributed by atoms with van der Waals surface area (Å²) in [6.07, 6.45) is 1.07. The maximum atomic E-state index is 13.8. The Hall–Kier alpha value is -3.98. The number of carbonyl (C=O) groups is 2. The molecule has 0 atom stereocenters. The molecule has 2 aliphatic heterocycles. The van der Waals surface area contributed by atoms with Crippen molar-refractivity contribution in [2.45, 2.75) is 32.0 Å². The van der Waals surface area contributed by atoms with E-state index in [2.05, 4.69) is 10.2 Å². The largest absolute Gasteiger partial charge is 0.508 e. The lowest BCUT2D eigenvalue weighted by Crippen LogP contribution is -2.64. The number of phenolic OH excluding ortho intramolecular Hbond substituents is 1. The van der Waals surface area contributed by atoms with E-state index in [-0.39, 0.29) is 18.3 Å². The predicted molar refractivity (Wildman–Crippen MR) is 135 cm³/mol. The number of amides is 1. The minimum Gasteiger partial charge on any atom is -0.508 e. The predicted octanol–water partition coefficient (Wildman–Crippen LogP) is 4.91. The average Bonchev–Trinajstić information content (AvgIpc) is 2.88. The molecule has 3 aromatic rings. The first-order chi connectivity index (χ1) is 17.8. The smallest absolute Gasteiger partial charge is 0.338 e. The van der Waals surface area contributed by atoms with Gasteiger partial charge in [-0.2, -0.15) is 0 Å². The van der Waals surface area contributed by atoms with Gasteiger partial charge in [-0.15, -0.1) is 0 Å². The Morgan fingerprint density at radius 3 is 2.43 bits per heavy atom. The molecule has 1 saturated heterocycles. The molecule has 0 saturated carbocycles. The van der Waals surface area contributed by atoms with Crippen LogP contribution in [0.2, 0.25) is 0 Å². The lowest BCUT2D eigenvalue weighted by Gasteiger charge is -2.52. The Labute approximate surface area is 213 Å². The first-order valence-electron chi connectivity index (χ1n) is 12.2. The molecule has 5 rings (SSSR count). The molecule has 0 aromatic heterocycles. The van der Waals surface area contributed by atoms with Gasteiger partial charge in [0.1, 0.15) is 11.4 Å². The average molecular weight is 508 g/mol. The summed E-state index contributed by atoms with van der Waals surface area (Å²) >= 11 is 0. The van der Waals surface area contributed by atoms with Crippen LogP contribution in [0.3, 0.4) is 0 Å². The summed E-state index contributed by atoms with van der Waals surface area (Å²) in [5, 5.41) is 13.3.